The molecule has 0 amide bonds. The molecule has 0 radical (unpaired) electrons. The van der Waals surface area contributed by atoms with E-state index in [0.29, 0.717) is 0 Å². The molecule has 0 aromatic heterocycles. The minimum Gasteiger partial charge on any atom is -0.399 e. The van der Waals surface area contributed by atoms with E-state index < -0.39 is 0 Å². The van der Waals surface area contributed by atoms with Crippen LogP contribution in [0.4, 0.5) is 5.69 Å². The Morgan fingerprint density at radius 3 is 2.33 bits per heavy atom. The first kappa shape index (κ1) is 18.5. The summed E-state index contributed by atoms with van der Waals surface area (Å²) in [5, 5.41) is 0. The summed E-state index contributed by atoms with van der Waals surface area (Å²) in [6.45, 7) is 1.84. The molecule has 1 atom stereocenters. The van der Waals surface area contributed by atoms with Gasteiger partial charge in [0.15, 0.2) is 0 Å². The number of hydrogen-bond acceptors (Lipinski definition) is 3. The Kier molecular flexibility index (Phi) is 7.80. The Hall–Kier alpha value is -1.84. The molecule has 0 aliphatic heterocycles. The number of nitrogens with two attached hydrogens (primary N) is 1. The average molecular weight is 326 g/mol. The van der Waals surface area contributed by atoms with Crippen LogP contribution in [-0.2, 0) is 11.2 Å². The minimum atomic E-state index is 0.150. The van der Waals surface area contributed by atoms with Crippen LogP contribution in [0.25, 0.3) is 0 Å². The molecule has 0 heterocycles. The lowest BCUT2D eigenvalue weighted by Crippen LogP contribution is -2.16. The highest BCUT2D eigenvalue weighted by Gasteiger charge is 2.12. The van der Waals surface area contributed by atoms with Crippen LogP contribution in [-0.4, -0.2) is 32.1 Å². The van der Waals surface area contributed by atoms with Crippen molar-refractivity contribution >= 4 is 5.69 Å². The molecule has 2 aromatic carbocycles. The van der Waals surface area contributed by atoms with Crippen molar-refractivity contribution in [1.29, 1.82) is 0 Å². The monoisotopic (exact) mass is 326 g/mol. The molecule has 0 aliphatic rings. The van der Waals surface area contributed by atoms with Gasteiger partial charge in [-0.15, -0.1) is 0 Å². The Bertz CT molecular complexity index is 566. The molecular formula is C21H30N2O. The summed E-state index contributed by atoms with van der Waals surface area (Å²) >= 11 is 0. The van der Waals surface area contributed by atoms with Crippen LogP contribution in [0.1, 0.15) is 36.5 Å². The van der Waals surface area contributed by atoms with Gasteiger partial charge < -0.3 is 15.4 Å². The summed E-state index contributed by atoms with van der Waals surface area (Å²) in [7, 11) is 4.19. The third-order valence-corrected chi connectivity index (χ3v) is 4.15. The van der Waals surface area contributed by atoms with Crippen molar-refractivity contribution in [2.24, 2.45) is 0 Å². The molecule has 2 rings (SSSR count). The van der Waals surface area contributed by atoms with Crippen LogP contribution in [0.2, 0.25) is 0 Å². The van der Waals surface area contributed by atoms with E-state index in [-0.39, 0.29) is 6.10 Å². The molecule has 3 heteroatoms. The van der Waals surface area contributed by atoms with Crippen molar-refractivity contribution in [1.82, 2.24) is 4.90 Å². The Morgan fingerprint density at radius 1 is 0.958 bits per heavy atom. The van der Waals surface area contributed by atoms with Gasteiger partial charge in [0.05, 0.1) is 6.10 Å². The highest BCUT2D eigenvalue weighted by molar-refractivity contribution is 5.39. The molecule has 2 aromatic rings. The summed E-state index contributed by atoms with van der Waals surface area (Å²) < 4.78 is 6.19. The van der Waals surface area contributed by atoms with Gasteiger partial charge in [-0.2, -0.15) is 0 Å². The van der Waals surface area contributed by atoms with E-state index in [1.807, 2.05) is 12.1 Å². The van der Waals surface area contributed by atoms with Gasteiger partial charge in [0.25, 0.3) is 0 Å². The van der Waals surface area contributed by atoms with E-state index >= 15 is 0 Å². The molecule has 0 saturated carbocycles. The number of anilines is 1. The largest absolute Gasteiger partial charge is 0.399 e. The quantitative estimate of drug-likeness (QED) is 0.522. The zero-order valence-corrected chi connectivity index (χ0v) is 14.9. The number of hydrogen-bond donors (Lipinski definition) is 1. The fraction of sp³-hybridized carbons (Fsp3) is 0.429. The van der Waals surface area contributed by atoms with Gasteiger partial charge in [0.1, 0.15) is 0 Å². The standard InChI is InChI=1S/C21H30N2O/c1-23(2)16-7-17-24-21(19-12-14-20(22)15-13-19)11-6-10-18-8-4-3-5-9-18/h3-5,8-9,12-15,21H,6-7,10-11,16-17,22H2,1-2H3. The first-order valence-electron chi connectivity index (χ1n) is 8.81. The Labute approximate surface area is 146 Å². The number of nitrogen functional groups attached to an aromatic ring is 1. The zero-order valence-electron chi connectivity index (χ0n) is 14.9. The molecule has 1 unspecified atom stereocenters. The summed E-state index contributed by atoms with van der Waals surface area (Å²) in [6, 6.07) is 18.8. The second-order valence-electron chi connectivity index (χ2n) is 6.56. The molecule has 130 valence electrons. The van der Waals surface area contributed by atoms with Gasteiger partial charge in [0, 0.05) is 12.3 Å². The molecule has 0 fully saturated rings. The number of benzene rings is 2. The van der Waals surface area contributed by atoms with Crippen LogP contribution in [0.5, 0.6) is 0 Å². The highest BCUT2D eigenvalue weighted by atomic mass is 16.5. The van der Waals surface area contributed by atoms with E-state index in [1.165, 1.54) is 11.1 Å². The molecule has 0 aliphatic carbocycles. The topological polar surface area (TPSA) is 38.5 Å². The molecule has 0 saturated heterocycles. The van der Waals surface area contributed by atoms with Crippen LogP contribution >= 0.6 is 0 Å². The van der Waals surface area contributed by atoms with Crippen molar-refractivity contribution in [2.75, 3.05) is 33.0 Å². The number of aryl methyl sites for hydroxylation is 1. The maximum atomic E-state index is 6.19. The number of ether oxygens (including phenoxy) is 1. The summed E-state index contributed by atoms with van der Waals surface area (Å²) in [4.78, 5) is 2.19. The SMILES string of the molecule is CN(C)CCCOC(CCCc1ccccc1)c1ccc(N)cc1. The van der Waals surface area contributed by atoms with Crippen molar-refractivity contribution in [2.45, 2.75) is 31.8 Å². The van der Waals surface area contributed by atoms with E-state index in [9.17, 15) is 0 Å². The lowest BCUT2D eigenvalue weighted by atomic mass is 10.0. The lowest BCUT2D eigenvalue weighted by molar-refractivity contribution is 0.0410. The summed E-state index contributed by atoms with van der Waals surface area (Å²) in [5.41, 5.74) is 9.23. The normalized spacial score (nSPS) is 12.5. The summed E-state index contributed by atoms with van der Waals surface area (Å²) in [6.07, 6.45) is 4.44. The van der Waals surface area contributed by atoms with Gasteiger partial charge in [-0.25, -0.2) is 0 Å². The number of rotatable bonds is 10. The minimum absolute atomic E-state index is 0.150. The Morgan fingerprint density at radius 2 is 1.67 bits per heavy atom. The molecule has 3 nitrogen and oxygen atoms in total. The third kappa shape index (κ3) is 6.73. The first-order valence-corrected chi connectivity index (χ1v) is 8.81. The second kappa shape index (κ2) is 10.1. The van der Waals surface area contributed by atoms with E-state index in [2.05, 4.69) is 61.5 Å². The molecule has 0 bridgehead atoms. The van der Waals surface area contributed by atoms with Crippen LogP contribution in [0, 0.1) is 0 Å². The molecule has 0 spiro atoms. The van der Waals surface area contributed by atoms with Crippen molar-refractivity contribution in [3.8, 4) is 0 Å². The highest BCUT2D eigenvalue weighted by Crippen LogP contribution is 2.25. The van der Waals surface area contributed by atoms with Crippen molar-refractivity contribution in [3.05, 3.63) is 65.7 Å². The second-order valence-corrected chi connectivity index (χ2v) is 6.56. The van der Waals surface area contributed by atoms with Crippen molar-refractivity contribution < 1.29 is 4.74 Å². The van der Waals surface area contributed by atoms with Gasteiger partial charge in [-0.3, -0.25) is 0 Å². The maximum Gasteiger partial charge on any atom is 0.0825 e. The van der Waals surface area contributed by atoms with Gasteiger partial charge >= 0.3 is 0 Å². The molecular weight excluding hydrogens is 296 g/mol. The fourth-order valence-corrected chi connectivity index (χ4v) is 2.80. The third-order valence-electron chi connectivity index (χ3n) is 4.15. The van der Waals surface area contributed by atoms with Crippen LogP contribution in [0.3, 0.4) is 0 Å². The van der Waals surface area contributed by atoms with E-state index in [4.69, 9.17) is 10.5 Å². The molecule has 2 N–H and O–H groups in total. The van der Waals surface area contributed by atoms with E-state index in [0.717, 1.165) is 44.5 Å². The van der Waals surface area contributed by atoms with Gasteiger partial charge in [0.2, 0.25) is 0 Å². The van der Waals surface area contributed by atoms with E-state index in [1.54, 1.807) is 0 Å². The zero-order chi connectivity index (χ0) is 17.2. The molecule has 24 heavy (non-hydrogen) atoms. The Balaban J connectivity index is 1.87. The first-order chi connectivity index (χ1) is 11.6. The maximum absolute atomic E-state index is 6.19. The average Bonchev–Trinajstić information content (AvgIpc) is 2.58. The smallest absolute Gasteiger partial charge is 0.0825 e. The summed E-state index contributed by atoms with van der Waals surface area (Å²) in [5.74, 6) is 0. The predicted octanol–water partition coefficient (Wildman–Crippen LogP) is 4.30. The fourth-order valence-electron chi connectivity index (χ4n) is 2.80. The van der Waals surface area contributed by atoms with Gasteiger partial charge in [-0.05, 0) is 69.6 Å². The van der Waals surface area contributed by atoms with Crippen LogP contribution in [0.15, 0.2) is 54.6 Å². The number of nitrogens with zero attached hydrogens (tertiary/aromatic N) is 1. The predicted molar refractivity (Wildman–Crippen MR) is 102 cm³/mol. The van der Waals surface area contributed by atoms with Gasteiger partial charge in [-0.1, -0.05) is 42.5 Å². The van der Waals surface area contributed by atoms with Crippen molar-refractivity contribution in [3.63, 3.8) is 0 Å². The lowest BCUT2D eigenvalue weighted by Gasteiger charge is -2.19. The van der Waals surface area contributed by atoms with Crippen LogP contribution < -0.4 is 5.73 Å².